The molecule has 202 valence electrons. The van der Waals surface area contributed by atoms with Gasteiger partial charge in [0.25, 0.3) is 11.8 Å². The zero-order valence-corrected chi connectivity index (χ0v) is 21.4. The van der Waals surface area contributed by atoms with Crippen LogP contribution in [0, 0.1) is 5.82 Å². The van der Waals surface area contributed by atoms with Crippen molar-refractivity contribution in [3.63, 3.8) is 0 Å². The number of benzene rings is 2. The van der Waals surface area contributed by atoms with Crippen LogP contribution in [0.15, 0.2) is 48.5 Å². The largest absolute Gasteiger partial charge is 0.497 e. The van der Waals surface area contributed by atoms with Crippen molar-refractivity contribution in [1.29, 1.82) is 0 Å². The third kappa shape index (κ3) is 5.10. The van der Waals surface area contributed by atoms with E-state index in [1.54, 1.807) is 42.3 Å². The normalized spacial score (nSPS) is 22.5. The third-order valence-corrected chi connectivity index (χ3v) is 7.58. The summed E-state index contributed by atoms with van der Waals surface area (Å²) in [6.45, 7) is 1.60. The molecule has 3 heterocycles. The average Bonchev–Trinajstić information content (AvgIpc) is 3.60. The molecule has 3 aliphatic rings. The van der Waals surface area contributed by atoms with E-state index in [0.29, 0.717) is 37.3 Å². The van der Waals surface area contributed by atoms with Crippen LogP contribution >= 0.6 is 0 Å². The summed E-state index contributed by atoms with van der Waals surface area (Å²) in [7, 11) is 1.55. The van der Waals surface area contributed by atoms with E-state index in [0.717, 1.165) is 12.8 Å². The number of methoxy groups -OCH3 is 1. The number of hydrogen-bond acceptors (Lipinski definition) is 6. The standard InChI is InChI=1S/C28H32FN3O6/c1-36-20-10-8-19(9-11-20)26(34)32-24(25(33)30-17-21-5-4-16-37-21)18-38-28(32)12-14-31(15-13-28)27(35)22-6-2-3-7-23(22)29/h2-3,6-11,21,24H,4-5,12-18H2,1H3,(H,30,33). The van der Waals surface area contributed by atoms with Crippen LogP contribution in [0.5, 0.6) is 5.75 Å². The summed E-state index contributed by atoms with van der Waals surface area (Å²) in [6.07, 6.45) is 2.40. The summed E-state index contributed by atoms with van der Waals surface area (Å²) in [5, 5.41) is 2.93. The molecule has 3 saturated heterocycles. The van der Waals surface area contributed by atoms with Crippen LogP contribution in [0.2, 0.25) is 0 Å². The number of amides is 3. The van der Waals surface area contributed by atoms with Crippen LogP contribution in [0.3, 0.4) is 0 Å². The Morgan fingerprint density at radius 1 is 1.08 bits per heavy atom. The predicted molar refractivity (Wildman–Crippen MR) is 135 cm³/mol. The van der Waals surface area contributed by atoms with E-state index in [4.69, 9.17) is 14.2 Å². The molecule has 0 bridgehead atoms. The molecule has 5 rings (SSSR count). The minimum Gasteiger partial charge on any atom is -0.497 e. The summed E-state index contributed by atoms with van der Waals surface area (Å²) in [4.78, 5) is 43.2. The fourth-order valence-corrected chi connectivity index (χ4v) is 5.44. The highest BCUT2D eigenvalue weighted by atomic mass is 19.1. The van der Waals surface area contributed by atoms with Crippen LogP contribution in [-0.2, 0) is 14.3 Å². The Morgan fingerprint density at radius 3 is 2.47 bits per heavy atom. The van der Waals surface area contributed by atoms with Crippen molar-refractivity contribution in [2.45, 2.75) is 43.6 Å². The van der Waals surface area contributed by atoms with Gasteiger partial charge in [0, 0.05) is 44.6 Å². The number of rotatable bonds is 6. The number of nitrogens with one attached hydrogen (secondary N) is 1. The van der Waals surface area contributed by atoms with Crippen molar-refractivity contribution in [2.24, 2.45) is 0 Å². The van der Waals surface area contributed by atoms with E-state index in [9.17, 15) is 18.8 Å². The van der Waals surface area contributed by atoms with Crippen LogP contribution < -0.4 is 10.1 Å². The third-order valence-electron chi connectivity index (χ3n) is 7.58. The number of hydrogen-bond donors (Lipinski definition) is 1. The minimum atomic E-state index is -1.06. The molecule has 2 atom stereocenters. The van der Waals surface area contributed by atoms with E-state index in [1.165, 1.54) is 23.1 Å². The highest BCUT2D eigenvalue weighted by Crippen LogP contribution is 2.39. The monoisotopic (exact) mass is 525 g/mol. The summed E-state index contributed by atoms with van der Waals surface area (Å²) in [6, 6.07) is 11.7. The topological polar surface area (TPSA) is 97.4 Å². The van der Waals surface area contributed by atoms with Crippen molar-refractivity contribution < 1.29 is 33.0 Å². The Bertz CT molecular complexity index is 1180. The molecule has 2 aromatic carbocycles. The van der Waals surface area contributed by atoms with Gasteiger partial charge in [0.15, 0.2) is 0 Å². The molecule has 2 unspecified atom stereocenters. The number of piperidine rings is 1. The Morgan fingerprint density at radius 2 is 1.82 bits per heavy atom. The summed E-state index contributed by atoms with van der Waals surface area (Å²) in [5.41, 5.74) is -0.652. The van der Waals surface area contributed by atoms with Gasteiger partial charge in [-0.25, -0.2) is 4.39 Å². The van der Waals surface area contributed by atoms with Gasteiger partial charge in [0.1, 0.15) is 23.3 Å². The molecule has 0 radical (unpaired) electrons. The van der Waals surface area contributed by atoms with Crippen molar-refractivity contribution in [2.75, 3.05) is 40.0 Å². The second-order valence-corrected chi connectivity index (χ2v) is 9.83. The molecular weight excluding hydrogens is 493 g/mol. The van der Waals surface area contributed by atoms with Gasteiger partial charge in [-0.15, -0.1) is 0 Å². The van der Waals surface area contributed by atoms with Gasteiger partial charge in [-0.2, -0.15) is 0 Å². The molecule has 0 saturated carbocycles. The summed E-state index contributed by atoms with van der Waals surface area (Å²) < 4.78 is 31.3. The molecular formula is C28H32FN3O6. The van der Waals surface area contributed by atoms with Crippen molar-refractivity contribution >= 4 is 17.7 Å². The predicted octanol–water partition coefficient (Wildman–Crippen LogP) is 2.60. The van der Waals surface area contributed by atoms with Crippen molar-refractivity contribution in [1.82, 2.24) is 15.1 Å². The average molecular weight is 526 g/mol. The molecule has 10 heteroatoms. The first-order valence-electron chi connectivity index (χ1n) is 13.0. The van der Waals surface area contributed by atoms with E-state index < -0.39 is 23.5 Å². The number of nitrogens with zero attached hydrogens (tertiary/aromatic N) is 2. The Labute approximate surface area is 220 Å². The lowest BCUT2D eigenvalue weighted by Gasteiger charge is -2.44. The molecule has 1 spiro atoms. The van der Waals surface area contributed by atoms with E-state index in [1.807, 2.05) is 0 Å². The number of ether oxygens (including phenoxy) is 3. The number of carbonyl (C=O) groups excluding carboxylic acids is 3. The van der Waals surface area contributed by atoms with E-state index >= 15 is 0 Å². The molecule has 3 aliphatic heterocycles. The zero-order valence-electron chi connectivity index (χ0n) is 21.4. The Hall–Kier alpha value is -3.50. The molecule has 0 aliphatic carbocycles. The summed E-state index contributed by atoms with van der Waals surface area (Å²) >= 11 is 0. The fraction of sp³-hybridized carbons (Fsp3) is 0.464. The maximum Gasteiger partial charge on any atom is 0.256 e. The molecule has 2 aromatic rings. The van der Waals surface area contributed by atoms with Gasteiger partial charge >= 0.3 is 0 Å². The van der Waals surface area contributed by atoms with E-state index in [2.05, 4.69) is 5.32 Å². The van der Waals surface area contributed by atoms with Gasteiger partial charge in [-0.1, -0.05) is 12.1 Å². The van der Waals surface area contributed by atoms with Crippen LogP contribution in [0.25, 0.3) is 0 Å². The lowest BCUT2D eigenvalue weighted by Crippen LogP contribution is -2.60. The first kappa shape index (κ1) is 26.1. The summed E-state index contributed by atoms with van der Waals surface area (Å²) in [5.74, 6) is -1.01. The maximum absolute atomic E-state index is 14.2. The molecule has 3 amide bonds. The van der Waals surface area contributed by atoms with Gasteiger partial charge in [-0.05, 0) is 49.2 Å². The minimum absolute atomic E-state index is 0.00772. The van der Waals surface area contributed by atoms with E-state index in [-0.39, 0.29) is 43.2 Å². The SMILES string of the molecule is COc1ccc(C(=O)N2C(C(=O)NCC3CCCO3)COC23CCN(C(=O)c2ccccc2F)CC3)cc1. The molecule has 0 aromatic heterocycles. The zero-order chi connectivity index (χ0) is 26.7. The smallest absolute Gasteiger partial charge is 0.256 e. The second kappa shape index (κ2) is 11.1. The molecule has 38 heavy (non-hydrogen) atoms. The number of likely N-dealkylation sites (tertiary alicyclic amines) is 1. The number of carbonyl (C=O) groups is 3. The molecule has 3 fully saturated rings. The van der Waals surface area contributed by atoms with Crippen LogP contribution in [0.1, 0.15) is 46.4 Å². The van der Waals surface area contributed by atoms with Gasteiger partial charge in [0.05, 0.1) is 25.4 Å². The molecule has 1 N–H and O–H groups in total. The maximum atomic E-state index is 14.2. The first-order chi connectivity index (χ1) is 18.4. The van der Waals surface area contributed by atoms with Gasteiger partial charge in [-0.3, -0.25) is 19.3 Å². The molecule has 9 nitrogen and oxygen atoms in total. The number of halogens is 1. The van der Waals surface area contributed by atoms with Crippen LogP contribution in [0.4, 0.5) is 4.39 Å². The fourth-order valence-electron chi connectivity index (χ4n) is 5.44. The van der Waals surface area contributed by atoms with Crippen molar-refractivity contribution in [3.05, 3.63) is 65.5 Å². The first-order valence-corrected chi connectivity index (χ1v) is 13.0. The van der Waals surface area contributed by atoms with Crippen molar-refractivity contribution in [3.8, 4) is 5.75 Å². The van der Waals surface area contributed by atoms with Gasteiger partial charge < -0.3 is 24.4 Å². The second-order valence-electron chi connectivity index (χ2n) is 9.83. The highest BCUT2D eigenvalue weighted by Gasteiger charge is 2.54. The lowest BCUT2D eigenvalue weighted by atomic mass is 9.96. The Balaban J connectivity index is 1.35. The quantitative estimate of drug-likeness (QED) is 0.623. The van der Waals surface area contributed by atoms with Crippen LogP contribution in [-0.4, -0.2) is 85.3 Å². The van der Waals surface area contributed by atoms with Gasteiger partial charge in [0.2, 0.25) is 5.91 Å². The Kier molecular flexibility index (Phi) is 7.62. The lowest BCUT2D eigenvalue weighted by molar-refractivity contribution is -0.128. The highest BCUT2D eigenvalue weighted by molar-refractivity contribution is 5.99.